The van der Waals surface area contributed by atoms with Crippen LogP contribution in [-0.2, 0) is 14.2 Å². The van der Waals surface area contributed by atoms with Crippen LogP contribution in [0.1, 0.15) is 27.7 Å². The lowest BCUT2D eigenvalue weighted by atomic mass is 10.2. The van der Waals surface area contributed by atoms with E-state index in [0.717, 1.165) is 0 Å². The van der Waals surface area contributed by atoms with Gasteiger partial charge in [-0.05, 0) is 0 Å². The van der Waals surface area contributed by atoms with Gasteiger partial charge in [-0.3, -0.25) is 9.59 Å². The normalized spacial score (nSPS) is 11.9. The summed E-state index contributed by atoms with van der Waals surface area (Å²) in [5.74, 6) is -0.836. The molecule has 0 aliphatic carbocycles. The molecule has 1 aromatic rings. The minimum Gasteiger partial charge on any atom is -0.303 e. The van der Waals surface area contributed by atoms with Gasteiger partial charge in [-0.15, -0.1) is 0 Å². The Bertz CT molecular complexity index is 465. The molecule has 1 aromatic carbocycles. The van der Waals surface area contributed by atoms with E-state index in [1.165, 1.54) is 0 Å². The van der Waals surface area contributed by atoms with Crippen molar-refractivity contribution in [2.24, 2.45) is 11.8 Å². The Labute approximate surface area is 108 Å². The maximum atomic E-state index is 13.0. The quantitative estimate of drug-likeness (QED) is 0.770. The molecule has 4 heteroatoms. The molecule has 0 fully saturated rings. The molecule has 0 aromatic heterocycles. The highest BCUT2D eigenvalue weighted by Crippen LogP contribution is 2.50. The van der Waals surface area contributed by atoms with Crippen LogP contribution in [0.5, 0.6) is 0 Å². The predicted octanol–water partition coefficient (Wildman–Crippen LogP) is 3.04. The Kier molecular flexibility index (Phi) is 4.64. The van der Waals surface area contributed by atoms with E-state index < -0.39 is 30.0 Å². The average Bonchev–Trinajstić information content (AvgIpc) is 2.36. The van der Waals surface area contributed by atoms with E-state index in [0.29, 0.717) is 5.30 Å². The van der Waals surface area contributed by atoms with Crippen molar-refractivity contribution in [1.82, 2.24) is 0 Å². The fourth-order valence-electron chi connectivity index (χ4n) is 1.73. The van der Waals surface area contributed by atoms with E-state index in [-0.39, 0.29) is 0 Å². The molecule has 0 radical (unpaired) electrons. The number of carbonyl (C=O) groups excluding carboxylic acids is 2. The molecule has 0 saturated heterocycles. The van der Waals surface area contributed by atoms with Crippen LogP contribution in [0.3, 0.4) is 0 Å². The summed E-state index contributed by atoms with van der Waals surface area (Å²) in [6.45, 7) is 6.69. The molecule has 0 aliphatic rings. The maximum absolute atomic E-state index is 13.0. The van der Waals surface area contributed by atoms with Crippen molar-refractivity contribution in [2.75, 3.05) is 0 Å². The Morgan fingerprint density at radius 1 is 0.889 bits per heavy atom. The first-order valence-electron chi connectivity index (χ1n) is 6.06. The van der Waals surface area contributed by atoms with Crippen molar-refractivity contribution in [3.63, 3.8) is 0 Å². The SMILES string of the molecule is CC(C)C(=O)P(=O)(C(=O)C(C)C)c1ccccc1. The zero-order chi connectivity index (χ0) is 13.9. The van der Waals surface area contributed by atoms with E-state index in [2.05, 4.69) is 0 Å². The van der Waals surface area contributed by atoms with E-state index >= 15 is 0 Å². The molecule has 98 valence electrons. The minimum absolute atomic E-state index is 0.349. The van der Waals surface area contributed by atoms with Crippen LogP contribution in [0.25, 0.3) is 0 Å². The second-order valence-electron chi connectivity index (χ2n) is 4.93. The molecule has 0 heterocycles. The van der Waals surface area contributed by atoms with Crippen LogP contribution in [0.2, 0.25) is 0 Å². The summed E-state index contributed by atoms with van der Waals surface area (Å²) in [7, 11) is -3.64. The van der Waals surface area contributed by atoms with Crippen molar-refractivity contribution >= 4 is 23.5 Å². The van der Waals surface area contributed by atoms with Crippen LogP contribution in [0.15, 0.2) is 30.3 Å². The number of rotatable bonds is 5. The molecule has 0 spiro atoms. The van der Waals surface area contributed by atoms with Crippen LogP contribution >= 0.6 is 7.14 Å². The summed E-state index contributed by atoms with van der Waals surface area (Å²) in [4.78, 5) is 24.5. The smallest absolute Gasteiger partial charge is 0.239 e. The van der Waals surface area contributed by atoms with Gasteiger partial charge in [0, 0.05) is 17.1 Å². The van der Waals surface area contributed by atoms with E-state index in [4.69, 9.17) is 0 Å². The first kappa shape index (κ1) is 14.8. The van der Waals surface area contributed by atoms with Gasteiger partial charge in [0.15, 0.2) is 0 Å². The standard InChI is InChI=1S/C14H19O3P/c1-10(2)13(15)18(17,14(16)11(3)4)12-8-6-5-7-9-12/h5-11H,1-4H3. The summed E-state index contributed by atoms with van der Waals surface area (Å²) in [5.41, 5.74) is -0.903. The van der Waals surface area contributed by atoms with Gasteiger partial charge in [0.1, 0.15) is 0 Å². The first-order valence-corrected chi connectivity index (χ1v) is 7.77. The number of hydrogen-bond acceptors (Lipinski definition) is 3. The van der Waals surface area contributed by atoms with Crippen molar-refractivity contribution in [2.45, 2.75) is 27.7 Å². The molecule has 0 saturated carbocycles. The third kappa shape index (κ3) is 2.62. The highest BCUT2D eigenvalue weighted by molar-refractivity contribution is 8.00. The Hall–Kier alpha value is -1.21. The topological polar surface area (TPSA) is 51.2 Å². The minimum atomic E-state index is -3.64. The van der Waals surface area contributed by atoms with Crippen LogP contribution in [0, 0.1) is 11.8 Å². The maximum Gasteiger partial charge on any atom is 0.239 e. The lowest BCUT2D eigenvalue weighted by Gasteiger charge is -2.19. The lowest BCUT2D eigenvalue weighted by molar-refractivity contribution is -0.117. The van der Waals surface area contributed by atoms with Crippen LogP contribution in [0.4, 0.5) is 0 Å². The molecule has 0 N–H and O–H groups in total. The third-order valence-electron chi connectivity index (χ3n) is 2.73. The molecule has 1 rings (SSSR count). The molecule has 0 bridgehead atoms. The van der Waals surface area contributed by atoms with Gasteiger partial charge >= 0.3 is 0 Å². The average molecular weight is 266 g/mol. The van der Waals surface area contributed by atoms with Gasteiger partial charge < -0.3 is 4.57 Å². The van der Waals surface area contributed by atoms with Crippen molar-refractivity contribution in [3.05, 3.63) is 30.3 Å². The molecule has 0 unspecified atom stereocenters. The summed E-state index contributed by atoms with van der Waals surface area (Å²) in [6, 6.07) is 8.36. The Balaban J connectivity index is 3.41. The zero-order valence-corrected chi connectivity index (χ0v) is 12.1. The molecular weight excluding hydrogens is 247 g/mol. The van der Waals surface area contributed by atoms with E-state index in [9.17, 15) is 14.2 Å². The molecule has 0 aliphatic heterocycles. The summed E-state index contributed by atoms with van der Waals surface area (Å²) in [5, 5.41) is 0.349. The Morgan fingerprint density at radius 3 is 1.61 bits per heavy atom. The summed E-state index contributed by atoms with van der Waals surface area (Å²) >= 11 is 0. The second kappa shape index (κ2) is 5.62. The number of carbonyl (C=O) groups is 2. The van der Waals surface area contributed by atoms with Crippen molar-refractivity contribution in [3.8, 4) is 0 Å². The summed E-state index contributed by atoms with van der Waals surface area (Å²) < 4.78 is 13.0. The molecule has 0 amide bonds. The van der Waals surface area contributed by atoms with Gasteiger partial charge in [-0.25, -0.2) is 0 Å². The third-order valence-corrected chi connectivity index (χ3v) is 6.03. The highest BCUT2D eigenvalue weighted by atomic mass is 31.2. The predicted molar refractivity (Wildman–Crippen MR) is 73.4 cm³/mol. The fraction of sp³-hybridized carbons (Fsp3) is 0.429. The molecular formula is C14H19O3P. The van der Waals surface area contributed by atoms with Crippen molar-refractivity contribution < 1.29 is 14.2 Å². The monoisotopic (exact) mass is 266 g/mol. The number of hydrogen-bond donors (Lipinski definition) is 0. The second-order valence-corrected chi connectivity index (χ2v) is 7.55. The zero-order valence-electron chi connectivity index (χ0n) is 11.2. The van der Waals surface area contributed by atoms with Gasteiger partial charge in [0.2, 0.25) is 18.2 Å². The fourth-order valence-corrected chi connectivity index (χ4v) is 4.50. The summed E-state index contributed by atoms with van der Waals surface area (Å²) in [6.07, 6.45) is 0. The van der Waals surface area contributed by atoms with Gasteiger partial charge in [-0.2, -0.15) is 0 Å². The lowest BCUT2D eigenvalue weighted by Crippen LogP contribution is -2.25. The largest absolute Gasteiger partial charge is 0.303 e. The van der Waals surface area contributed by atoms with Crippen LogP contribution < -0.4 is 5.30 Å². The van der Waals surface area contributed by atoms with Gasteiger partial charge in [-0.1, -0.05) is 58.0 Å². The van der Waals surface area contributed by atoms with Gasteiger partial charge in [0.25, 0.3) is 0 Å². The highest BCUT2D eigenvalue weighted by Gasteiger charge is 2.43. The first-order chi connectivity index (χ1) is 8.31. The van der Waals surface area contributed by atoms with Crippen molar-refractivity contribution in [1.29, 1.82) is 0 Å². The van der Waals surface area contributed by atoms with E-state index in [1.807, 2.05) is 0 Å². The molecule has 0 atom stereocenters. The van der Waals surface area contributed by atoms with E-state index in [1.54, 1.807) is 58.0 Å². The molecule has 3 nitrogen and oxygen atoms in total. The molecule has 18 heavy (non-hydrogen) atoms. The number of benzene rings is 1. The van der Waals surface area contributed by atoms with Crippen LogP contribution in [-0.4, -0.2) is 11.0 Å². The van der Waals surface area contributed by atoms with Gasteiger partial charge in [0.05, 0.1) is 0 Å². The Morgan fingerprint density at radius 2 is 1.28 bits per heavy atom.